The predicted molar refractivity (Wildman–Crippen MR) is 91.5 cm³/mol. The highest BCUT2D eigenvalue weighted by Crippen LogP contribution is 2.45. The van der Waals surface area contributed by atoms with Gasteiger partial charge in [-0.1, -0.05) is 0 Å². The second-order valence-electron chi connectivity index (χ2n) is 6.83. The van der Waals surface area contributed by atoms with Crippen molar-refractivity contribution in [3.63, 3.8) is 0 Å². The third-order valence-electron chi connectivity index (χ3n) is 5.51. The van der Waals surface area contributed by atoms with Crippen LogP contribution in [-0.2, 0) is 16.1 Å². The van der Waals surface area contributed by atoms with Gasteiger partial charge in [-0.15, -0.1) is 0 Å². The first-order valence-corrected chi connectivity index (χ1v) is 8.49. The van der Waals surface area contributed by atoms with Crippen LogP contribution < -0.4 is 10.1 Å². The summed E-state index contributed by atoms with van der Waals surface area (Å²) in [4.78, 5) is 12.3. The third-order valence-corrected chi connectivity index (χ3v) is 5.51. The molecule has 2 atom stereocenters. The predicted octanol–water partition coefficient (Wildman–Crippen LogP) is 2.25. The molecular formula is C18H27N2O4+. The fourth-order valence-corrected chi connectivity index (χ4v) is 3.79. The minimum absolute atomic E-state index is 0.113. The van der Waals surface area contributed by atoms with Crippen molar-refractivity contribution in [2.45, 2.75) is 26.6 Å². The van der Waals surface area contributed by atoms with Gasteiger partial charge in [-0.25, -0.2) is 4.79 Å². The van der Waals surface area contributed by atoms with Crippen molar-refractivity contribution in [2.24, 2.45) is 0 Å². The highest BCUT2D eigenvalue weighted by Gasteiger charge is 2.39. The Hall–Kier alpha value is -1.79. The molecule has 0 saturated carbocycles. The molecule has 1 N–H and O–H groups in total. The molecule has 24 heavy (non-hydrogen) atoms. The van der Waals surface area contributed by atoms with E-state index in [1.807, 2.05) is 14.0 Å². The first-order valence-electron chi connectivity index (χ1n) is 8.49. The standard InChI is InChI=1S/C18H26N2O4/c1-6-20(4)7-8-23-13(9-20)15-16(19-3)14-12(10-24-18(14)21)11(2)17(15)22-5/h13H,6-10H2,1-5H3/p+1. The van der Waals surface area contributed by atoms with E-state index in [4.69, 9.17) is 14.2 Å². The van der Waals surface area contributed by atoms with Gasteiger partial charge >= 0.3 is 5.97 Å². The van der Waals surface area contributed by atoms with Gasteiger partial charge in [-0.2, -0.15) is 0 Å². The lowest BCUT2D eigenvalue weighted by atomic mass is 9.92. The first-order chi connectivity index (χ1) is 11.5. The summed E-state index contributed by atoms with van der Waals surface area (Å²) in [5.74, 6) is 0.524. The molecule has 0 amide bonds. The van der Waals surface area contributed by atoms with Crippen molar-refractivity contribution in [3.05, 3.63) is 22.3 Å². The Morgan fingerprint density at radius 1 is 1.42 bits per heavy atom. The van der Waals surface area contributed by atoms with E-state index in [2.05, 4.69) is 19.3 Å². The quantitative estimate of drug-likeness (QED) is 0.676. The van der Waals surface area contributed by atoms with E-state index in [0.29, 0.717) is 18.8 Å². The van der Waals surface area contributed by atoms with Gasteiger partial charge in [0.25, 0.3) is 0 Å². The summed E-state index contributed by atoms with van der Waals surface area (Å²) in [6.07, 6.45) is -0.113. The van der Waals surface area contributed by atoms with Gasteiger partial charge < -0.3 is 24.0 Å². The van der Waals surface area contributed by atoms with Crippen molar-refractivity contribution in [1.29, 1.82) is 0 Å². The van der Waals surface area contributed by atoms with Crippen molar-refractivity contribution >= 4 is 11.7 Å². The Labute approximate surface area is 143 Å². The summed E-state index contributed by atoms with van der Waals surface area (Å²) >= 11 is 0. The number of anilines is 1. The highest BCUT2D eigenvalue weighted by atomic mass is 16.5. The Balaban J connectivity index is 2.18. The molecule has 1 fully saturated rings. The van der Waals surface area contributed by atoms with E-state index < -0.39 is 0 Å². The van der Waals surface area contributed by atoms with Gasteiger partial charge in [0.15, 0.2) is 0 Å². The van der Waals surface area contributed by atoms with Gasteiger partial charge in [-0.3, -0.25) is 0 Å². The average Bonchev–Trinajstić information content (AvgIpc) is 2.97. The maximum Gasteiger partial charge on any atom is 0.341 e. The molecule has 0 aliphatic carbocycles. The summed E-state index contributed by atoms with van der Waals surface area (Å²) < 4.78 is 18.1. The van der Waals surface area contributed by atoms with E-state index in [-0.39, 0.29) is 12.1 Å². The van der Waals surface area contributed by atoms with Gasteiger partial charge in [0, 0.05) is 12.6 Å². The number of ether oxygens (including phenoxy) is 3. The summed E-state index contributed by atoms with van der Waals surface area (Å²) in [5, 5.41) is 3.20. The monoisotopic (exact) mass is 335 g/mol. The molecule has 0 radical (unpaired) electrons. The molecular weight excluding hydrogens is 308 g/mol. The maximum absolute atomic E-state index is 12.3. The van der Waals surface area contributed by atoms with Crippen LogP contribution in [0.4, 0.5) is 5.69 Å². The van der Waals surface area contributed by atoms with Crippen LogP contribution in [0, 0.1) is 6.92 Å². The Bertz CT molecular complexity index is 674. The van der Waals surface area contributed by atoms with Crippen LogP contribution in [-0.4, -0.2) is 57.9 Å². The lowest BCUT2D eigenvalue weighted by Crippen LogP contribution is -2.52. The number of carbonyl (C=O) groups excluding carboxylic acids is 1. The molecule has 2 unspecified atom stereocenters. The molecule has 2 heterocycles. The molecule has 0 bridgehead atoms. The summed E-state index contributed by atoms with van der Waals surface area (Å²) in [6.45, 7) is 8.08. The molecule has 1 aromatic carbocycles. The number of hydrogen-bond acceptors (Lipinski definition) is 5. The van der Waals surface area contributed by atoms with Crippen molar-refractivity contribution in [3.8, 4) is 5.75 Å². The van der Waals surface area contributed by atoms with Crippen LogP contribution in [0.2, 0.25) is 0 Å². The van der Waals surface area contributed by atoms with E-state index in [9.17, 15) is 4.79 Å². The number of benzene rings is 1. The molecule has 6 nitrogen and oxygen atoms in total. The minimum Gasteiger partial charge on any atom is -0.496 e. The normalized spacial score (nSPS) is 26.0. The number of quaternary nitrogens is 1. The van der Waals surface area contributed by atoms with Gasteiger partial charge in [0.05, 0.1) is 44.1 Å². The van der Waals surface area contributed by atoms with Gasteiger partial charge in [0.1, 0.15) is 31.5 Å². The average molecular weight is 335 g/mol. The van der Waals surface area contributed by atoms with E-state index in [1.54, 1.807) is 7.11 Å². The van der Waals surface area contributed by atoms with Crippen LogP contribution >= 0.6 is 0 Å². The molecule has 2 aliphatic heterocycles. The molecule has 1 aromatic rings. The van der Waals surface area contributed by atoms with Crippen molar-refractivity contribution < 1.29 is 23.5 Å². The van der Waals surface area contributed by atoms with Crippen LogP contribution in [0.3, 0.4) is 0 Å². The van der Waals surface area contributed by atoms with Crippen LogP contribution in [0.5, 0.6) is 5.75 Å². The molecule has 2 aliphatic rings. The molecule has 1 saturated heterocycles. The fourth-order valence-electron chi connectivity index (χ4n) is 3.79. The zero-order valence-electron chi connectivity index (χ0n) is 15.2. The molecule has 6 heteroatoms. The number of esters is 1. The molecule has 0 aromatic heterocycles. The number of methoxy groups -OCH3 is 1. The number of likely N-dealkylation sites (N-methyl/N-ethyl adjacent to an activating group) is 1. The maximum atomic E-state index is 12.3. The Morgan fingerprint density at radius 2 is 2.17 bits per heavy atom. The van der Waals surface area contributed by atoms with Crippen LogP contribution in [0.25, 0.3) is 0 Å². The first kappa shape index (κ1) is 17.0. The second-order valence-corrected chi connectivity index (χ2v) is 6.83. The topological polar surface area (TPSA) is 56.8 Å². The van der Waals surface area contributed by atoms with E-state index in [0.717, 1.165) is 52.2 Å². The van der Waals surface area contributed by atoms with Crippen LogP contribution in [0.1, 0.15) is 40.1 Å². The molecule has 132 valence electrons. The fraction of sp³-hybridized carbons (Fsp3) is 0.611. The zero-order valence-corrected chi connectivity index (χ0v) is 15.2. The number of carbonyl (C=O) groups is 1. The molecule has 0 spiro atoms. The third kappa shape index (κ3) is 2.54. The highest BCUT2D eigenvalue weighted by molar-refractivity contribution is 6.01. The zero-order chi connectivity index (χ0) is 17.5. The molecule has 3 rings (SSSR count). The summed E-state index contributed by atoms with van der Waals surface area (Å²) in [5.41, 5.74) is 4.23. The lowest BCUT2D eigenvalue weighted by molar-refractivity contribution is -0.919. The lowest BCUT2D eigenvalue weighted by Gasteiger charge is -2.41. The largest absolute Gasteiger partial charge is 0.496 e. The van der Waals surface area contributed by atoms with E-state index >= 15 is 0 Å². The summed E-state index contributed by atoms with van der Waals surface area (Å²) in [6, 6.07) is 0. The SMILES string of the molecule is CC[N+]1(C)CCOC(c2c(NC)c3c(c(C)c2OC)COC3=O)C1. The van der Waals surface area contributed by atoms with Crippen molar-refractivity contribution in [1.82, 2.24) is 0 Å². The van der Waals surface area contributed by atoms with Gasteiger partial charge in [-0.05, 0) is 19.4 Å². The van der Waals surface area contributed by atoms with Gasteiger partial charge in [0.2, 0.25) is 0 Å². The number of morpholine rings is 1. The number of nitrogens with zero attached hydrogens (tertiary/aromatic N) is 1. The number of rotatable bonds is 4. The Kier molecular flexibility index (Phi) is 4.44. The summed E-state index contributed by atoms with van der Waals surface area (Å²) in [7, 11) is 5.75. The number of nitrogens with one attached hydrogen (secondary N) is 1. The number of fused-ring (bicyclic) bond motifs is 1. The Morgan fingerprint density at radius 3 is 2.79 bits per heavy atom. The minimum atomic E-state index is -0.273. The number of cyclic esters (lactones) is 1. The van der Waals surface area contributed by atoms with Crippen LogP contribution in [0.15, 0.2) is 0 Å². The number of hydrogen-bond donors (Lipinski definition) is 1. The second kappa shape index (κ2) is 6.26. The van der Waals surface area contributed by atoms with E-state index in [1.165, 1.54) is 0 Å². The van der Waals surface area contributed by atoms with Crippen molar-refractivity contribution in [2.75, 3.05) is 52.8 Å². The smallest absolute Gasteiger partial charge is 0.341 e.